The topological polar surface area (TPSA) is 97.6 Å². The summed E-state index contributed by atoms with van der Waals surface area (Å²) in [5.41, 5.74) is 1.54. The highest BCUT2D eigenvalue weighted by atomic mass is 19.1. The van der Waals surface area contributed by atoms with Crippen LogP contribution in [0.4, 0.5) is 14.5 Å². The Morgan fingerprint density at radius 2 is 1.71 bits per heavy atom. The molecular weight excluding hydrogens is 528 g/mol. The van der Waals surface area contributed by atoms with Crippen molar-refractivity contribution in [2.24, 2.45) is 10.4 Å². The molecule has 3 heterocycles. The van der Waals surface area contributed by atoms with E-state index in [1.807, 2.05) is 6.07 Å². The van der Waals surface area contributed by atoms with Gasteiger partial charge in [0.15, 0.2) is 0 Å². The smallest absolute Gasteiger partial charge is 0.269 e. The van der Waals surface area contributed by atoms with Crippen molar-refractivity contribution in [1.29, 1.82) is 0 Å². The molecule has 1 spiro atoms. The molecule has 2 amide bonds. The van der Waals surface area contributed by atoms with Gasteiger partial charge >= 0.3 is 0 Å². The van der Waals surface area contributed by atoms with E-state index in [0.717, 1.165) is 19.3 Å². The lowest BCUT2D eigenvalue weighted by Crippen LogP contribution is -2.44. The quantitative estimate of drug-likeness (QED) is 0.374. The van der Waals surface area contributed by atoms with Gasteiger partial charge < -0.3 is 15.4 Å². The van der Waals surface area contributed by atoms with Gasteiger partial charge in [-0.25, -0.2) is 18.5 Å². The van der Waals surface area contributed by atoms with Gasteiger partial charge in [0.05, 0.1) is 24.6 Å². The van der Waals surface area contributed by atoms with Crippen molar-refractivity contribution in [1.82, 2.24) is 15.1 Å². The Balaban J connectivity index is 1.31. The Morgan fingerprint density at radius 1 is 0.976 bits per heavy atom. The van der Waals surface area contributed by atoms with Crippen LogP contribution in [0.15, 0.2) is 77.8 Å². The first-order valence-corrected chi connectivity index (χ1v) is 13.4. The Labute approximate surface area is 234 Å². The number of para-hydroxylation sites is 1. The third kappa shape index (κ3) is 4.26. The minimum atomic E-state index is -1.42. The van der Waals surface area contributed by atoms with Crippen LogP contribution in [0.5, 0.6) is 5.88 Å². The highest BCUT2D eigenvalue weighted by Crippen LogP contribution is 2.47. The van der Waals surface area contributed by atoms with Crippen molar-refractivity contribution in [2.75, 3.05) is 11.9 Å². The molecule has 0 radical (unpaired) electrons. The summed E-state index contributed by atoms with van der Waals surface area (Å²) in [7, 11) is 0. The second-order valence-corrected chi connectivity index (χ2v) is 10.7. The summed E-state index contributed by atoms with van der Waals surface area (Å²) in [6.45, 7) is 0.969. The van der Waals surface area contributed by atoms with Crippen LogP contribution < -0.4 is 15.4 Å². The van der Waals surface area contributed by atoms with Gasteiger partial charge in [0.2, 0.25) is 12.0 Å². The molecule has 8 nitrogen and oxygen atoms in total. The molecule has 2 N–H and O–H groups in total. The number of hydrogen-bond acceptors (Lipinski definition) is 5. The molecule has 7 rings (SSSR count). The number of rotatable bonds is 4. The number of anilines is 1. The number of nitrogens with one attached hydrogen (secondary N) is 2. The molecule has 2 aliphatic heterocycles. The molecule has 4 aromatic rings. The van der Waals surface area contributed by atoms with Gasteiger partial charge in [-0.05, 0) is 31.0 Å². The van der Waals surface area contributed by atoms with Crippen molar-refractivity contribution in [2.45, 2.75) is 32.0 Å². The summed E-state index contributed by atoms with van der Waals surface area (Å²) in [5.74, 6) is -2.39. The molecular formula is C31H25F2N5O3. The van der Waals surface area contributed by atoms with E-state index in [1.54, 1.807) is 53.2 Å². The monoisotopic (exact) mass is 553 g/mol. The predicted octanol–water partition coefficient (Wildman–Crippen LogP) is 4.94. The zero-order chi connectivity index (χ0) is 28.1. The lowest BCUT2D eigenvalue weighted by atomic mass is 9.69. The average molecular weight is 554 g/mol. The average Bonchev–Trinajstić information content (AvgIpc) is 3.27. The van der Waals surface area contributed by atoms with Crippen molar-refractivity contribution >= 4 is 23.2 Å². The zero-order valence-electron chi connectivity index (χ0n) is 21.9. The Bertz CT molecular complexity index is 1730. The number of ether oxygens (including phenoxy) is 1. The van der Waals surface area contributed by atoms with E-state index in [0.29, 0.717) is 30.0 Å². The maximum atomic E-state index is 15.0. The summed E-state index contributed by atoms with van der Waals surface area (Å²) in [6.07, 6.45) is 1.64. The number of hydrogen-bond donors (Lipinski definition) is 2. The van der Waals surface area contributed by atoms with E-state index < -0.39 is 29.6 Å². The number of aromatic nitrogens is 2. The lowest BCUT2D eigenvalue weighted by molar-refractivity contribution is -0.117. The van der Waals surface area contributed by atoms with Crippen LogP contribution in [0.25, 0.3) is 11.3 Å². The standard InChI is InChI=1S/C31H25F2N5O3/c32-21-12-5-4-10-19(21)26-23(30-38(37-26)16-31(17-41-30)14-7-15-31)28(39)36-27-29(40)35-25-20(11-6-13-22(25)33)24(34-27)18-8-2-1-3-9-18/h1-6,8-13,27H,7,14-17H2,(H,35,40)(H,36,39)/t27-/m1/s1. The van der Waals surface area contributed by atoms with E-state index in [-0.39, 0.29) is 33.8 Å². The number of carbonyl (C=O) groups is 2. The number of halogens is 2. The molecule has 10 heteroatoms. The summed E-state index contributed by atoms with van der Waals surface area (Å²) in [4.78, 5) is 31.9. The van der Waals surface area contributed by atoms with Gasteiger partial charge in [0.1, 0.15) is 22.9 Å². The van der Waals surface area contributed by atoms with Crippen LogP contribution in [0, 0.1) is 17.0 Å². The fourth-order valence-corrected chi connectivity index (χ4v) is 5.73. The number of benzodiazepines with no additional fused rings is 1. The minimum Gasteiger partial charge on any atom is -0.477 e. The molecule has 0 bridgehead atoms. The molecule has 1 fully saturated rings. The SMILES string of the molecule is O=C(N[C@H]1N=C(c2ccccc2)c2cccc(F)c2NC1=O)c1c(-c2ccccc2F)nn2c1OCC1(CCC1)C2. The molecule has 1 saturated carbocycles. The van der Waals surface area contributed by atoms with Crippen LogP contribution in [0.3, 0.4) is 0 Å². The van der Waals surface area contributed by atoms with Gasteiger partial charge in [-0.15, -0.1) is 0 Å². The minimum absolute atomic E-state index is 0.0153. The highest BCUT2D eigenvalue weighted by Gasteiger charge is 2.44. The van der Waals surface area contributed by atoms with E-state index in [2.05, 4.69) is 20.7 Å². The van der Waals surface area contributed by atoms with E-state index >= 15 is 0 Å². The van der Waals surface area contributed by atoms with Crippen LogP contribution in [-0.2, 0) is 11.3 Å². The lowest BCUT2D eigenvalue weighted by Gasteiger charge is -2.44. The maximum Gasteiger partial charge on any atom is 0.269 e. The van der Waals surface area contributed by atoms with Crippen molar-refractivity contribution < 1.29 is 23.1 Å². The fraction of sp³-hybridized carbons (Fsp3) is 0.226. The van der Waals surface area contributed by atoms with Gasteiger partial charge in [-0.1, -0.05) is 61.0 Å². The molecule has 1 aliphatic carbocycles. The van der Waals surface area contributed by atoms with Crippen LogP contribution in [0.1, 0.15) is 40.7 Å². The second-order valence-electron chi connectivity index (χ2n) is 10.7. The van der Waals surface area contributed by atoms with Gasteiger partial charge in [-0.3, -0.25) is 9.59 Å². The van der Waals surface area contributed by atoms with Crippen LogP contribution >= 0.6 is 0 Å². The third-order valence-electron chi connectivity index (χ3n) is 8.01. The number of amides is 2. The summed E-state index contributed by atoms with van der Waals surface area (Å²) >= 11 is 0. The molecule has 206 valence electrons. The fourth-order valence-electron chi connectivity index (χ4n) is 5.73. The third-order valence-corrected chi connectivity index (χ3v) is 8.01. The molecule has 0 unspecified atom stereocenters. The maximum absolute atomic E-state index is 15.0. The Morgan fingerprint density at radius 3 is 2.46 bits per heavy atom. The first kappa shape index (κ1) is 25.1. The van der Waals surface area contributed by atoms with Crippen LogP contribution in [0.2, 0.25) is 0 Å². The summed E-state index contributed by atoms with van der Waals surface area (Å²) in [5, 5.41) is 9.88. The summed E-state index contributed by atoms with van der Waals surface area (Å²) < 4.78 is 37.6. The molecule has 0 saturated heterocycles. The predicted molar refractivity (Wildman–Crippen MR) is 148 cm³/mol. The second kappa shape index (κ2) is 9.65. The molecule has 41 heavy (non-hydrogen) atoms. The number of fused-ring (bicyclic) bond motifs is 2. The highest BCUT2D eigenvalue weighted by molar-refractivity contribution is 6.20. The number of aliphatic imine (C=N–C) groups is 1. The van der Waals surface area contributed by atoms with Crippen molar-refractivity contribution in [3.63, 3.8) is 0 Å². The molecule has 1 atom stereocenters. The van der Waals surface area contributed by atoms with Crippen molar-refractivity contribution in [3.05, 3.63) is 101 Å². The Hall–Kier alpha value is -4.86. The van der Waals surface area contributed by atoms with Gasteiger partial charge in [-0.2, -0.15) is 5.10 Å². The molecule has 3 aliphatic rings. The summed E-state index contributed by atoms with van der Waals surface area (Å²) in [6, 6.07) is 19.5. The zero-order valence-corrected chi connectivity index (χ0v) is 21.9. The van der Waals surface area contributed by atoms with Gasteiger partial charge in [0.25, 0.3) is 11.8 Å². The first-order valence-electron chi connectivity index (χ1n) is 13.4. The molecule has 3 aromatic carbocycles. The normalized spacial score (nSPS) is 18.6. The number of nitrogens with zero attached hydrogens (tertiary/aromatic N) is 3. The first-order chi connectivity index (χ1) is 19.9. The van der Waals surface area contributed by atoms with E-state index in [4.69, 9.17) is 4.74 Å². The van der Waals surface area contributed by atoms with Crippen molar-refractivity contribution in [3.8, 4) is 17.1 Å². The van der Waals surface area contributed by atoms with E-state index in [1.165, 1.54) is 18.2 Å². The number of carbonyl (C=O) groups excluding carboxylic acids is 2. The number of benzene rings is 3. The van der Waals surface area contributed by atoms with Gasteiger partial charge in [0, 0.05) is 22.1 Å². The molecule has 1 aromatic heterocycles. The van der Waals surface area contributed by atoms with Crippen LogP contribution in [-0.4, -0.2) is 40.1 Å². The Kier molecular flexibility index (Phi) is 5.92. The van der Waals surface area contributed by atoms with E-state index in [9.17, 15) is 18.4 Å². The largest absolute Gasteiger partial charge is 0.477 e.